The van der Waals surface area contributed by atoms with E-state index in [1.807, 2.05) is 6.07 Å². The van der Waals surface area contributed by atoms with Crippen LogP contribution in [0.25, 0.3) is 0 Å². The van der Waals surface area contributed by atoms with Crippen LogP contribution in [-0.2, 0) is 11.3 Å². The molecule has 1 aromatic rings. The van der Waals surface area contributed by atoms with Gasteiger partial charge in [-0.15, -0.1) is 0 Å². The van der Waals surface area contributed by atoms with E-state index < -0.39 is 0 Å². The average molecular weight is 228 g/mol. The molecule has 0 N–H and O–H groups in total. The third kappa shape index (κ3) is 1.86. The molecule has 1 aliphatic carbocycles. The van der Waals surface area contributed by atoms with Crippen LogP contribution in [0.15, 0.2) is 29.4 Å². The van der Waals surface area contributed by atoms with Crippen molar-refractivity contribution in [1.82, 2.24) is 5.01 Å². The normalized spacial score (nSPS) is 22.9. The Hall–Kier alpha value is -1.64. The van der Waals surface area contributed by atoms with Gasteiger partial charge in [-0.25, -0.2) is 5.01 Å². The molecule has 3 rings (SSSR count). The minimum Gasteiger partial charge on any atom is -0.272 e. The topological polar surface area (TPSA) is 32.7 Å². The highest BCUT2D eigenvalue weighted by atomic mass is 16.2. The van der Waals surface area contributed by atoms with Gasteiger partial charge in [-0.1, -0.05) is 29.8 Å². The zero-order valence-electron chi connectivity index (χ0n) is 10.0. The summed E-state index contributed by atoms with van der Waals surface area (Å²) in [7, 11) is 0. The smallest absolute Gasteiger partial charge is 0.251 e. The molecule has 1 amide bonds. The molecule has 1 aliphatic heterocycles. The van der Waals surface area contributed by atoms with Gasteiger partial charge >= 0.3 is 0 Å². The number of benzene rings is 1. The van der Waals surface area contributed by atoms with E-state index in [-0.39, 0.29) is 11.8 Å². The maximum atomic E-state index is 12.1. The lowest BCUT2D eigenvalue weighted by molar-refractivity contribution is -0.132. The Labute approximate surface area is 101 Å². The number of amides is 1. The van der Waals surface area contributed by atoms with E-state index >= 15 is 0 Å². The summed E-state index contributed by atoms with van der Waals surface area (Å²) in [5, 5.41) is 6.10. The van der Waals surface area contributed by atoms with Crippen molar-refractivity contribution >= 4 is 11.6 Å². The minimum atomic E-state index is 0.0970. The molecule has 0 radical (unpaired) electrons. The summed E-state index contributed by atoms with van der Waals surface area (Å²) >= 11 is 0. The van der Waals surface area contributed by atoms with Gasteiger partial charge in [0.1, 0.15) is 0 Å². The standard InChI is InChI=1S/C14H16N2O/c1-10-4-2-5-11(8-10)9-16-14(17)12-6-3-7-13(12)15-16/h2,4-5,8,12H,3,6-7,9H2,1H3. The first-order valence-electron chi connectivity index (χ1n) is 6.18. The van der Waals surface area contributed by atoms with Gasteiger partial charge < -0.3 is 0 Å². The van der Waals surface area contributed by atoms with Gasteiger partial charge in [0.25, 0.3) is 5.91 Å². The monoisotopic (exact) mass is 228 g/mol. The van der Waals surface area contributed by atoms with Crippen LogP contribution in [0, 0.1) is 12.8 Å². The van der Waals surface area contributed by atoms with Crippen molar-refractivity contribution in [2.45, 2.75) is 32.7 Å². The number of hydrazone groups is 1. The van der Waals surface area contributed by atoms with Crippen molar-refractivity contribution in [2.75, 3.05) is 0 Å². The summed E-state index contributed by atoms with van der Waals surface area (Å²) in [6.07, 6.45) is 3.11. The SMILES string of the molecule is Cc1cccc(CN2N=C3CCCC3C2=O)c1. The average Bonchev–Trinajstić information content (AvgIpc) is 2.84. The van der Waals surface area contributed by atoms with Crippen LogP contribution in [-0.4, -0.2) is 16.6 Å². The van der Waals surface area contributed by atoms with Crippen molar-refractivity contribution in [3.63, 3.8) is 0 Å². The first-order chi connectivity index (χ1) is 8.24. The maximum Gasteiger partial charge on any atom is 0.251 e. The van der Waals surface area contributed by atoms with E-state index in [2.05, 4.69) is 30.2 Å². The number of fused-ring (bicyclic) bond motifs is 1. The van der Waals surface area contributed by atoms with Crippen molar-refractivity contribution in [1.29, 1.82) is 0 Å². The van der Waals surface area contributed by atoms with E-state index in [4.69, 9.17) is 0 Å². The van der Waals surface area contributed by atoms with E-state index in [0.717, 1.165) is 30.5 Å². The van der Waals surface area contributed by atoms with E-state index in [0.29, 0.717) is 6.54 Å². The molecule has 0 bridgehead atoms. The van der Waals surface area contributed by atoms with E-state index in [1.54, 1.807) is 5.01 Å². The van der Waals surface area contributed by atoms with Crippen molar-refractivity contribution < 1.29 is 4.79 Å². The number of aryl methyl sites for hydroxylation is 1. The Morgan fingerprint density at radius 2 is 2.35 bits per heavy atom. The summed E-state index contributed by atoms with van der Waals surface area (Å²) in [5.41, 5.74) is 3.48. The number of nitrogens with zero attached hydrogens (tertiary/aromatic N) is 2. The lowest BCUT2D eigenvalue weighted by Crippen LogP contribution is -2.25. The van der Waals surface area contributed by atoms with Crippen LogP contribution < -0.4 is 0 Å². The third-order valence-electron chi connectivity index (χ3n) is 3.54. The Balaban J connectivity index is 1.79. The molecule has 1 saturated carbocycles. The van der Waals surface area contributed by atoms with Crippen molar-refractivity contribution in [3.05, 3.63) is 35.4 Å². The third-order valence-corrected chi connectivity index (χ3v) is 3.54. The van der Waals surface area contributed by atoms with Crippen LogP contribution >= 0.6 is 0 Å². The lowest BCUT2D eigenvalue weighted by atomic mass is 10.1. The second kappa shape index (κ2) is 3.99. The molecule has 17 heavy (non-hydrogen) atoms. The Kier molecular flexibility index (Phi) is 2.46. The maximum absolute atomic E-state index is 12.1. The molecular formula is C14H16N2O. The summed E-state index contributed by atoms with van der Waals surface area (Å²) in [5.74, 6) is 0.291. The fraction of sp³-hybridized carbons (Fsp3) is 0.429. The van der Waals surface area contributed by atoms with Crippen LogP contribution in [0.5, 0.6) is 0 Å². The molecule has 0 saturated heterocycles. The second-order valence-corrected chi connectivity index (χ2v) is 4.92. The number of carbonyl (C=O) groups is 1. The molecule has 3 heteroatoms. The molecule has 0 spiro atoms. The number of hydrogen-bond donors (Lipinski definition) is 0. The van der Waals surface area contributed by atoms with Crippen LogP contribution in [0.3, 0.4) is 0 Å². The summed E-state index contributed by atoms with van der Waals surface area (Å²) in [6.45, 7) is 2.68. The summed E-state index contributed by atoms with van der Waals surface area (Å²) in [6, 6.07) is 8.26. The minimum absolute atomic E-state index is 0.0970. The van der Waals surface area contributed by atoms with Crippen molar-refractivity contribution in [3.8, 4) is 0 Å². The molecule has 0 aromatic heterocycles. The van der Waals surface area contributed by atoms with Gasteiger partial charge in [0.2, 0.25) is 0 Å². The van der Waals surface area contributed by atoms with E-state index in [1.165, 1.54) is 5.56 Å². The second-order valence-electron chi connectivity index (χ2n) is 4.92. The van der Waals surface area contributed by atoms with Gasteiger partial charge in [-0.05, 0) is 31.7 Å². The highest BCUT2D eigenvalue weighted by molar-refractivity contribution is 6.09. The van der Waals surface area contributed by atoms with Gasteiger partial charge in [0.15, 0.2) is 0 Å². The summed E-state index contributed by atoms with van der Waals surface area (Å²) in [4.78, 5) is 12.1. The summed E-state index contributed by atoms with van der Waals surface area (Å²) < 4.78 is 0. The van der Waals surface area contributed by atoms with Crippen LogP contribution in [0.4, 0.5) is 0 Å². The molecule has 3 nitrogen and oxygen atoms in total. The molecule has 1 atom stereocenters. The predicted molar refractivity (Wildman–Crippen MR) is 66.5 cm³/mol. The zero-order valence-corrected chi connectivity index (χ0v) is 10.0. The van der Waals surface area contributed by atoms with Gasteiger partial charge in [0, 0.05) is 0 Å². The highest BCUT2D eigenvalue weighted by Gasteiger charge is 2.38. The molecule has 2 aliphatic rings. The molecule has 88 valence electrons. The Bertz CT molecular complexity index is 493. The number of carbonyl (C=O) groups excluding carboxylic acids is 1. The van der Waals surface area contributed by atoms with E-state index in [9.17, 15) is 4.79 Å². The zero-order chi connectivity index (χ0) is 11.8. The Morgan fingerprint density at radius 3 is 3.12 bits per heavy atom. The van der Waals surface area contributed by atoms with Crippen LogP contribution in [0.2, 0.25) is 0 Å². The fourth-order valence-corrected chi connectivity index (χ4v) is 2.69. The number of hydrogen-bond acceptors (Lipinski definition) is 2. The first kappa shape index (κ1) is 10.5. The number of rotatable bonds is 2. The lowest BCUT2D eigenvalue weighted by Gasteiger charge is -2.14. The predicted octanol–water partition coefficient (Wildman–Crippen LogP) is 2.49. The quantitative estimate of drug-likeness (QED) is 0.765. The Morgan fingerprint density at radius 1 is 1.47 bits per heavy atom. The van der Waals surface area contributed by atoms with Crippen LogP contribution in [0.1, 0.15) is 30.4 Å². The molecule has 1 fully saturated rings. The van der Waals surface area contributed by atoms with Crippen molar-refractivity contribution in [2.24, 2.45) is 11.0 Å². The molecular weight excluding hydrogens is 212 g/mol. The molecule has 1 unspecified atom stereocenters. The first-order valence-corrected chi connectivity index (χ1v) is 6.18. The van der Waals surface area contributed by atoms with Gasteiger partial charge in [-0.3, -0.25) is 4.79 Å². The largest absolute Gasteiger partial charge is 0.272 e. The molecule has 1 heterocycles. The van der Waals surface area contributed by atoms with Gasteiger partial charge in [-0.2, -0.15) is 5.10 Å². The fourth-order valence-electron chi connectivity index (χ4n) is 2.69. The molecule has 1 aromatic carbocycles. The highest BCUT2D eigenvalue weighted by Crippen LogP contribution is 2.30. The van der Waals surface area contributed by atoms with Gasteiger partial charge in [0.05, 0.1) is 18.2 Å².